The van der Waals surface area contributed by atoms with E-state index in [0.29, 0.717) is 17.8 Å². The number of hydrogen-bond donors (Lipinski definition) is 0. The highest BCUT2D eigenvalue weighted by molar-refractivity contribution is 6.30. The molecule has 0 aliphatic heterocycles. The van der Waals surface area contributed by atoms with E-state index in [-0.39, 0.29) is 0 Å². The van der Waals surface area contributed by atoms with Gasteiger partial charge in [-0.3, -0.25) is 13.7 Å². The summed E-state index contributed by atoms with van der Waals surface area (Å²) in [5, 5.41) is 14.7. The number of rotatable bonds is 6. The van der Waals surface area contributed by atoms with Crippen LogP contribution in [-0.2, 0) is 0 Å². The smallest absolute Gasteiger partial charge is 0.234 e. The minimum absolute atomic E-state index is 0.681. The standard InChI is InChI=1S/3C28H18N4/c1-2-9-19(10-3-1)31-24-14-7-5-12-22(24)26-25(31)16-15-21-20-11-4-6-13-23(20)32(27(21)26)28-29-17-8-18-30-28;1-2-9-19(10-3-1)31-23-13-6-4-11-20(23)21-15-16-25-26(27(21)31)22-12-5-7-14-24(22)32(25)28-29-17-8-18-30-28;1-2-9-19(10-3-1)31-22-13-6-4-11-20(22)26-24(31)15-16-25-27(26)21-12-5-7-14-23(21)32(25)28-29-17-8-18-30-28/h3*1-18H. The second kappa shape index (κ2) is 22.2. The predicted octanol–water partition coefficient (Wildman–Crippen LogP) is 20.0. The molecule has 450 valence electrons. The van der Waals surface area contributed by atoms with Crippen LogP contribution >= 0.6 is 0 Å². The second-order valence-corrected chi connectivity index (χ2v) is 23.8. The van der Waals surface area contributed by atoms with Gasteiger partial charge in [-0.1, -0.05) is 176 Å². The zero-order valence-electron chi connectivity index (χ0n) is 51.5. The molecule has 12 nitrogen and oxygen atoms in total. The molecule has 0 bridgehead atoms. The van der Waals surface area contributed by atoms with E-state index in [2.05, 4.69) is 330 Å². The Balaban J connectivity index is 0.000000102. The van der Waals surface area contributed by atoms with Crippen LogP contribution in [0.3, 0.4) is 0 Å². The van der Waals surface area contributed by atoms with Gasteiger partial charge in [-0.2, -0.15) is 0 Å². The van der Waals surface area contributed by atoms with Crippen LogP contribution < -0.4 is 0 Å². The molecule has 0 unspecified atom stereocenters. The Hall–Kier alpha value is -13.3. The first-order valence-electron chi connectivity index (χ1n) is 32.1. The largest absolute Gasteiger partial charge is 0.309 e. The molecule has 0 radical (unpaired) electrons. The Kier molecular flexibility index (Phi) is 12.6. The first kappa shape index (κ1) is 54.4. The van der Waals surface area contributed by atoms with Crippen LogP contribution in [-0.4, -0.2) is 57.3 Å². The molecule has 0 atom stereocenters. The summed E-state index contributed by atoms with van der Waals surface area (Å²) in [6, 6.07) is 102. The van der Waals surface area contributed by atoms with Crippen molar-refractivity contribution in [2.24, 2.45) is 0 Å². The third-order valence-corrected chi connectivity index (χ3v) is 18.7. The third-order valence-electron chi connectivity index (χ3n) is 18.7. The van der Waals surface area contributed by atoms with E-state index < -0.39 is 0 Å². The zero-order valence-corrected chi connectivity index (χ0v) is 51.5. The summed E-state index contributed by atoms with van der Waals surface area (Å²) in [5.74, 6) is 2.05. The van der Waals surface area contributed by atoms with E-state index in [1.165, 1.54) is 97.7 Å². The highest BCUT2D eigenvalue weighted by atomic mass is 15.2. The molecule has 0 N–H and O–H groups in total. The average Bonchev–Trinajstić information content (AvgIpc) is 1.57. The van der Waals surface area contributed by atoms with Crippen molar-refractivity contribution in [1.29, 1.82) is 0 Å². The lowest BCUT2D eigenvalue weighted by Gasteiger charge is -2.09. The summed E-state index contributed by atoms with van der Waals surface area (Å²) >= 11 is 0. The SMILES string of the molecule is c1ccc(-n2c3ccccc3c3c2ccc2c4ccccc4n(-c4ncccn4)c23)cc1.c1ccc(-n2c3ccccc3c3c4c5ccccc5n(-c5ncccn5)c4ccc32)cc1.c1ccc(-n2c3ccccc3c3ccc4c(c5ccccc5n4-c4ncccn4)c32)cc1. The normalized spacial score (nSPS) is 11.8. The fraction of sp³-hybridized carbons (Fsp3) is 0. The maximum atomic E-state index is 4.62. The summed E-state index contributed by atoms with van der Waals surface area (Å²) in [6.45, 7) is 0. The Bertz CT molecular complexity index is 6140. The Morgan fingerprint density at radius 2 is 0.406 bits per heavy atom. The minimum atomic E-state index is 0.681. The van der Waals surface area contributed by atoms with Crippen molar-refractivity contribution in [1.82, 2.24) is 57.3 Å². The van der Waals surface area contributed by atoms with Crippen LogP contribution in [0, 0.1) is 0 Å². The highest BCUT2D eigenvalue weighted by Gasteiger charge is 2.25. The number of hydrogen-bond acceptors (Lipinski definition) is 6. The molecule has 0 amide bonds. The lowest BCUT2D eigenvalue weighted by molar-refractivity contribution is 0.988. The van der Waals surface area contributed by atoms with Crippen LogP contribution in [0.4, 0.5) is 0 Å². The number of benzene rings is 12. The molecule has 0 aliphatic carbocycles. The summed E-state index contributed by atoms with van der Waals surface area (Å²) in [6.07, 6.45) is 10.8. The van der Waals surface area contributed by atoms with Gasteiger partial charge in [0.1, 0.15) is 0 Å². The van der Waals surface area contributed by atoms with Gasteiger partial charge in [0, 0.05) is 119 Å². The van der Waals surface area contributed by atoms with Crippen molar-refractivity contribution in [3.05, 3.63) is 328 Å². The molecular weight excluding hydrogens is 1180 g/mol. The van der Waals surface area contributed by atoms with Crippen molar-refractivity contribution < 1.29 is 0 Å². The monoisotopic (exact) mass is 1230 g/mol. The molecule has 21 rings (SSSR count). The van der Waals surface area contributed by atoms with Gasteiger partial charge in [0.2, 0.25) is 17.8 Å². The number of nitrogens with zero attached hydrogens (tertiary/aromatic N) is 12. The van der Waals surface area contributed by atoms with Gasteiger partial charge in [0.15, 0.2) is 0 Å². The predicted molar refractivity (Wildman–Crippen MR) is 392 cm³/mol. The summed E-state index contributed by atoms with van der Waals surface area (Å²) in [4.78, 5) is 27.5. The topological polar surface area (TPSA) is 107 Å². The maximum absolute atomic E-state index is 4.62. The van der Waals surface area contributed by atoms with Gasteiger partial charge < -0.3 is 13.7 Å². The van der Waals surface area contributed by atoms with E-state index in [1.54, 1.807) is 37.2 Å². The first-order valence-corrected chi connectivity index (χ1v) is 32.1. The Morgan fingerprint density at radius 1 is 0.156 bits per heavy atom. The van der Waals surface area contributed by atoms with E-state index in [9.17, 15) is 0 Å². The molecule has 12 aromatic carbocycles. The number of para-hydroxylation sites is 9. The van der Waals surface area contributed by atoms with Gasteiger partial charge in [0.05, 0.1) is 66.2 Å². The number of aromatic nitrogens is 12. The Morgan fingerprint density at radius 3 is 0.802 bits per heavy atom. The van der Waals surface area contributed by atoms with E-state index >= 15 is 0 Å². The molecule has 9 aromatic heterocycles. The third kappa shape index (κ3) is 8.35. The minimum Gasteiger partial charge on any atom is -0.309 e. The summed E-state index contributed by atoms with van der Waals surface area (Å²) in [5.41, 5.74) is 17.3. The molecule has 0 aliphatic rings. The molecule has 0 saturated carbocycles. The van der Waals surface area contributed by atoms with Crippen molar-refractivity contribution in [3.63, 3.8) is 0 Å². The van der Waals surface area contributed by atoms with Gasteiger partial charge in [0.25, 0.3) is 0 Å². The molecule has 21 aromatic rings. The lowest BCUT2D eigenvalue weighted by atomic mass is 10.1. The Labute approximate surface area is 548 Å². The summed E-state index contributed by atoms with van der Waals surface area (Å²) in [7, 11) is 0. The first-order chi connectivity index (χ1) is 47.7. The molecule has 9 heterocycles. The molecule has 0 fully saturated rings. The quantitative estimate of drug-likeness (QED) is 0.164. The van der Waals surface area contributed by atoms with E-state index in [1.807, 2.05) is 18.2 Å². The van der Waals surface area contributed by atoms with E-state index in [4.69, 9.17) is 0 Å². The van der Waals surface area contributed by atoms with Gasteiger partial charge >= 0.3 is 0 Å². The van der Waals surface area contributed by atoms with Gasteiger partial charge in [-0.05, 0) is 115 Å². The van der Waals surface area contributed by atoms with Crippen LogP contribution in [0.5, 0.6) is 0 Å². The van der Waals surface area contributed by atoms with Crippen molar-refractivity contribution in [2.45, 2.75) is 0 Å². The van der Waals surface area contributed by atoms with Gasteiger partial charge in [-0.25, -0.2) is 29.9 Å². The number of fused-ring (bicyclic) bond motifs is 21. The van der Waals surface area contributed by atoms with Crippen LogP contribution in [0.1, 0.15) is 0 Å². The van der Waals surface area contributed by atoms with Gasteiger partial charge in [-0.15, -0.1) is 0 Å². The molecule has 0 spiro atoms. The fourth-order valence-electron chi connectivity index (χ4n) is 14.9. The molecule has 12 heteroatoms. The molecular formula is C84H54N12. The molecule has 96 heavy (non-hydrogen) atoms. The summed E-state index contributed by atoms with van der Waals surface area (Å²) < 4.78 is 13.6. The maximum Gasteiger partial charge on any atom is 0.234 e. The highest BCUT2D eigenvalue weighted by Crippen LogP contribution is 2.45. The van der Waals surface area contributed by atoms with Crippen molar-refractivity contribution in [2.75, 3.05) is 0 Å². The van der Waals surface area contributed by atoms with Crippen molar-refractivity contribution in [3.8, 4) is 34.9 Å². The van der Waals surface area contributed by atoms with Crippen molar-refractivity contribution >= 4 is 131 Å². The fourth-order valence-corrected chi connectivity index (χ4v) is 14.9. The average molecular weight is 1230 g/mol. The second-order valence-electron chi connectivity index (χ2n) is 23.8. The zero-order chi connectivity index (χ0) is 63.2. The van der Waals surface area contributed by atoms with E-state index in [0.717, 1.165) is 50.2 Å². The van der Waals surface area contributed by atoms with Crippen LogP contribution in [0.25, 0.3) is 166 Å². The lowest BCUT2D eigenvalue weighted by Crippen LogP contribution is -2.00. The van der Waals surface area contributed by atoms with Crippen LogP contribution in [0.15, 0.2) is 328 Å². The van der Waals surface area contributed by atoms with Crippen LogP contribution in [0.2, 0.25) is 0 Å². The molecule has 0 saturated heterocycles.